The van der Waals surface area contributed by atoms with Gasteiger partial charge in [0.05, 0.1) is 45.2 Å². The third-order valence-corrected chi connectivity index (χ3v) is 17.9. The number of aromatic amines is 2. The SMILES string of the molecule is CCC(=O)c1c(-c2ccc(F)cc2)oc2cc(N(C)S(C)(=O)=O)c(-c3cccc(-c4[nH]c5ccccc5c4Br)c3)cc12.CNC(=O)c1c(-c2ccc(F)cc2)oc2cc(N(C)S(C)(=O)=O)c(-c3cccc(-c4cc5ccccc5[nH]4)c3)cc12.[B]=NS. The number of ketones is 1. The van der Waals surface area contributed by atoms with Crippen molar-refractivity contribution in [2.75, 3.05) is 42.3 Å². The van der Waals surface area contributed by atoms with E-state index in [1.165, 1.54) is 66.2 Å². The number of Topliss-reactive ketones (excluding diaryl/α,β-unsaturated/α-hetero) is 1. The molecule has 433 valence electrons. The van der Waals surface area contributed by atoms with Gasteiger partial charge in [0.15, 0.2) is 5.78 Å². The Hall–Kier alpha value is -8.89. The molecule has 12 aromatic rings. The van der Waals surface area contributed by atoms with Crippen LogP contribution >= 0.6 is 28.7 Å². The van der Waals surface area contributed by atoms with Crippen LogP contribution in [0.25, 0.3) is 111 Å². The number of carbonyl (C=O) groups is 2. The molecule has 0 bridgehead atoms. The topological polar surface area (TPSA) is 191 Å². The number of carbonyl (C=O) groups excluding carboxylic acids is 2. The summed E-state index contributed by atoms with van der Waals surface area (Å²) in [4.78, 5) is 33.3. The minimum atomic E-state index is -3.65. The van der Waals surface area contributed by atoms with Crippen molar-refractivity contribution >= 4 is 123 Å². The van der Waals surface area contributed by atoms with Crippen molar-refractivity contribution < 1.29 is 44.0 Å². The molecule has 4 aromatic heterocycles. The van der Waals surface area contributed by atoms with Crippen LogP contribution in [0.15, 0.2) is 194 Å². The van der Waals surface area contributed by atoms with E-state index >= 15 is 0 Å². The van der Waals surface area contributed by atoms with Gasteiger partial charge < -0.3 is 24.1 Å². The number of fused-ring (bicyclic) bond motifs is 4. The third-order valence-electron chi connectivity index (χ3n) is 14.7. The van der Waals surface area contributed by atoms with Gasteiger partial charge in [-0.1, -0.05) is 79.7 Å². The molecular weight excluding hydrogens is 1220 g/mol. The number of halogens is 3. The fraction of sp³-hybridized carbons (Fsp3) is 0.108. The van der Waals surface area contributed by atoms with Crippen LogP contribution in [0.4, 0.5) is 20.2 Å². The Labute approximate surface area is 509 Å². The van der Waals surface area contributed by atoms with Crippen molar-refractivity contribution in [2.45, 2.75) is 13.3 Å². The van der Waals surface area contributed by atoms with Crippen LogP contribution in [0.5, 0.6) is 0 Å². The average Bonchev–Trinajstić information content (AvgIpc) is 1.65. The number of furan rings is 2. The molecule has 0 saturated carbocycles. The monoisotopic (exact) mass is 1270 g/mol. The molecule has 86 heavy (non-hydrogen) atoms. The molecule has 0 unspecified atom stereocenters. The number of hydrogen-bond acceptors (Lipinski definition) is 10. The number of anilines is 2. The predicted molar refractivity (Wildman–Crippen MR) is 348 cm³/mol. The van der Waals surface area contributed by atoms with Crippen LogP contribution in [0.2, 0.25) is 0 Å². The Kier molecular flexibility index (Phi) is 17.2. The van der Waals surface area contributed by atoms with Crippen LogP contribution < -0.4 is 13.9 Å². The number of H-pyrrole nitrogens is 2. The molecule has 0 aliphatic rings. The maximum absolute atomic E-state index is 13.7. The maximum atomic E-state index is 13.7. The molecule has 4 heterocycles. The first-order chi connectivity index (χ1) is 41.1. The van der Waals surface area contributed by atoms with Crippen molar-refractivity contribution in [3.05, 3.63) is 203 Å². The van der Waals surface area contributed by atoms with E-state index in [-0.39, 0.29) is 29.4 Å². The second-order valence-corrected chi connectivity index (χ2v) is 25.1. The zero-order chi connectivity index (χ0) is 61.4. The predicted octanol–water partition coefficient (Wildman–Crippen LogP) is 15.8. The van der Waals surface area contributed by atoms with E-state index in [4.69, 9.17) is 8.83 Å². The van der Waals surface area contributed by atoms with E-state index in [9.17, 15) is 35.2 Å². The number of nitrogens with zero attached hydrogens (tertiary/aromatic N) is 3. The number of aromatic nitrogens is 2. The number of amides is 1. The summed E-state index contributed by atoms with van der Waals surface area (Å²) >= 11 is 6.93. The normalized spacial score (nSPS) is 11.5. The Morgan fingerprint density at radius 1 is 0.593 bits per heavy atom. The van der Waals surface area contributed by atoms with E-state index in [1.807, 2.05) is 103 Å². The number of nitrogens with one attached hydrogen (secondary N) is 3. The summed E-state index contributed by atoms with van der Waals surface area (Å²) < 4.78 is 96.7. The fourth-order valence-corrected chi connectivity index (χ4v) is 11.9. The Bertz CT molecular complexity index is 4820. The molecule has 0 fully saturated rings. The second kappa shape index (κ2) is 24.6. The number of para-hydroxylation sites is 2. The molecule has 21 heteroatoms. The Morgan fingerprint density at radius 3 is 1.56 bits per heavy atom. The van der Waals surface area contributed by atoms with Gasteiger partial charge in [0.1, 0.15) is 34.3 Å². The van der Waals surface area contributed by atoms with Crippen molar-refractivity contribution in [1.29, 1.82) is 0 Å². The molecule has 0 aliphatic carbocycles. The molecule has 0 saturated heterocycles. The van der Waals surface area contributed by atoms with Gasteiger partial charge in [-0.25, -0.2) is 25.6 Å². The van der Waals surface area contributed by atoms with E-state index < -0.39 is 31.7 Å². The number of rotatable bonds is 13. The van der Waals surface area contributed by atoms with E-state index in [0.717, 1.165) is 72.4 Å². The zero-order valence-electron chi connectivity index (χ0n) is 47.0. The first-order valence-corrected chi connectivity index (χ1v) is 31.5. The van der Waals surface area contributed by atoms with E-state index in [2.05, 4.69) is 62.0 Å². The van der Waals surface area contributed by atoms with Gasteiger partial charge in [-0.2, -0.15) is 0 Å². The summed E-state index contributed by atoms with van der Waals surface area (Å²) in [6.07, 6.45) is 2.49. The number of thiol groups is 1. The fourth-order valence-electron chi connectivity index (χ4n) is 10.3. The van der Waals surface area contributed by atoms with Gasteiger partial charge >= 0.3 is 24.8 Å². The van der Waals surface area contributed by atoms with Crippen molar-refractivity contribution in [3.8, 4) is 67.4 Å². The van der Waals surface area contributed by atoms with Crippen molar-refractivity contribution in [3.63, 3.8) is 0 Å². The van der Waals surface area contributed by atoms with Crippen LogP contribution in [0.1, 0.15) is 34.1 Å². The van der Waals surface area contributed by atoms with Crippen LogP contribution in [-0.2, 0) is 20.0 Å². The number of benzene rings is 8. The molecule has 0 spiro atoms. The molecule has 0 atom stereocenters. The van der Waals surface area contributed by atoms with Gasteiger partial charge in [-0.15, -0.1) is 0 Å². The van der Waals surface area contributed by atoms with Crippen molar-refractivity contribution in [1.82, 2.24) is 15.3 Å². The zero-order valence-corrected chi connectivity index (χ0v) is 51.1. The average molecular weight is 1270 g/mol. The van der Waals surface area contributed by atoms with Gasteiger partial charge in [0, 0.05) is 100 Å². The summed E-state index contributed by atoms with van der Waals surface area (Å²) in [5, 5.41) is 5.84. The van der Waals surface area contributed by atoms with Gasteiger partial charge in [-0.05, 0) is 129 Å². The summed E-state index contributed by atoms with van der Waals surface area (Å²) in [7, 11) is 1.52. The molecule has 1 amide bonds. The van der Waals surface area contributed by atoms with Crippen LogP contribution in [-0.4, -0.2) is 79.8 Å². The first kappa shape index (κ1) is 60.2. The Balaban J connectivity index is 0.000000183. The first-order valence-electron chi connectivity index (χ1n) is 26.6. The molecular formula is C65H53BBrF2N6O8S3. The summed E-state index contributed by atoms with van der Waals surface area (Å²) in [6, 6.07) is 51.8. The van der Waals surface area contributed by atoms with Gasteiger partial charge in [0.25, 0.3) is 5.91 Å². The van der Waals surface area contributed by atoms with Gasteiger partial charge in [0.2, 0.25) is 20.0 Å². The van der Waals surface area contributed by atoms with Crippen molar-refractivity contribution in [2.24, 2.45) is 4.30 Å². The standard InChI is InChI=1S/C33H26BrFN2O4S.C32H26FN3O4S.BHNS/c1-4-28(38)30-25-17-24(20-8-7-9-21(16-20)32-31(34)23-10-5-6-11-26(23)36-32)27(37(2)42(3,39)40)18-29(25)41-33(30)19-12-14-22(35)15-13-19;1-34-32(37)30-25-17-24(20-8-6-9-21(15-20)27-16-22-7-4-5-10-26(22)35-27)28(36(2)41(3,38)39)18-29(25)40-31(30)19-11-13-23(33)14-12-19;1-2-3/h5-18,36H,4H2,1-3H3;4-18,35H,1-3H3,(H,34,37);3H. The molecule has 8 aromatic carbocycles. The third kappa shape index (κ3) is 12.0. The van der Waals surface area contributed by atoms with Crippen LogP contribution in [0.3, 0.4) is 0 Å². The minimum absolute atomic E-state index is 0.140. The summed E-state index contributed by atoms with van der Waals surface area (Å²) in [6.45, 7) is 1.77. The van der Waals surface area contributed by atoms with E-state index in [0.29, 0.717) is 66.9 Å². The molecule has 3 N–H and O–H groups in total. The van der Waals surface area contributed by atoms with Gasteiger partial charge in [-0.3, -0.25) is 18.2 Å². The van der Waals surface area contributed by atoms with E-state index in [1.54, 1.807) is 37.3 Å². The number of hydrogen-bond donors (Lipinski definition) is 4. The molecule has 0 aliphatic heterocycles. The summed E-state index contributed by atoms with van der Waals surface area (Å²) in [5.74, 6) is -0.766. The summed E-state index contributed by atoms with van der Waals surface area (Å²) in [5.41, 5.74) is 11.5. The number of sulfonamides is 2. The second-order valence-electron chi connectivity index (χ2n) is 20.1. The Morgan fingerprint density at radius 2 is 1.06 bits per heavy atom. The molecule has 14 nitrogen and oxygen atoms in total. The van der Waals surface area contributed by atoms with Crippen LogP contribution in [0, 0.1) is 11.6 Å². The molecule has 1 radical (unpaired) electrons. The quantitative estimate of drug-likeness (QED) is 0.0498. The molecule has 12 rings (SSSR count).